The minimum atomic E-state index is -1.12. The summed E-state index contributed by atoms with van der Waals surface area (Å²) >= 11 is 5.64. The molecule has 0 aliphatic carbocycles. The Kier molecular flexibility index (Phi) is 4.14. The van der Waals surface area contributed by atoms with Crippen molar-refractivity contribution in [2.24, 2.45) is 0 Å². The number of hydrogen-bond donors (Lipinski definition) is 0. The molecule has 0 fully saturated rings. The Morgan fingerprint density at radius 1 is 1.22 bits per heavy atom. The molecule has 0 aliphatic rings. The first kappa shape index (κ1) is 9.17. The van der Waals surface area contributed by atoms with Crippen molar-refractivity contribution in [1.29, 1.82) is 0 Å². The molecule has 0 unspecified atom stereocenters. The van der Waals surface area contributed by atoms with Gasteiger partial charge in [0, 0.05) is 21.3 Å². The minimum Gasteiger partial charge on any atom is -0.378 e. The molecule has 0 rings (SSSR count). The van der Waals surface area contributed by atoms with Crippen molar-refractivity contribution in [2.75, 3.05) is 27.9 Å². The fourth-order valence-electron chi connectivity index (χ4n) is 0.374. The van der Waals surface area contributed by atoms with Crippen molar-refractivity contribution in [2.45, 2.75) is 5.25 Å². The van der Waals surface area contributed by atoms with Crippen LogP contribution in [-0.4, -0.2) is 33.2 Å². The highest BCUT2D eigenvalue weighted by atomic mass is 35.5. The molecule has 0 saturated carbocycles. The number of ether oxygens (including phenoxy) is 3. The number of halogens is 1. The Balaban J connectivity index is 3.62. The van der Waals surface area contributed by atoms with Crippen LogP contribution < -0.4 is 0 Å². The molecule has 0 aromatic carbocycles. The average molecular weight is 155 g/mol. The lowest BCUT2D eigenvalue weighted by Gasteiger charge is -2.21. The molecule has 0 heterocycles. The fourth-order valence-corrected chi connectivity index (χ4v) is 0.483. The first-order valence-electron chi connectivity index (χ1n) is 2.46. The third-order valence-electron chi connectivity index (χ3n) is 0.926. The smallest absolute Gasteiger partial charge is 0.272 e. The van der Waals surface area contributed by atoms with Crippen LogP contribution in [-0.2, 0) is 14.2 Å². The van der Waals surface area contributed by atoms with Crippen LogP contribution in [0, 0.1) is 0 Å². The summed E-state index contributed by atoms with van der Waals surface area (Å²) in [5.41, 5.74) is 0. The third kappa shape index (κ3) is 3.01. The number of rotatable bonds is 4. The Bertz CT molecular complexity index is 72.6. The van der Waals surface area contributed by atoms with E-state index in [0.717, 1.165) is 0 Å². The molecule has 0 saturated heterocycles. The predicted octanol–water partition coefficient (Wildman–Crippen LogP) is 0.818. The summed E-state index contributed by atoms with van der Waals surface area (Å²) in [5, 5.41) is -1.12. The molecule has 0 N–H and O–H groups in total. The second kappa shape index (κ2) is 4.06. The van der Waals surface area contributed by atoms with Crippen LogP contribution in [0.15, 0.2) is 0 Å². The Morgan fingerprint density at radius 3 is 1.78 bits per heavy atom. The van der Waals surface area contributed by atoms with E-state index in [1.165, 1.54) is 21.3 Å². The van der Waals surface area contributed by atoms with Gasteiger partial charge in [-0.3, -0.25) is 0 Å². The van der Waals surface area contributed by atoms with Gasteiger partial charge in [0.1, 0.15) is 6.61 Å². The standard InChI is InChI=1S/C5H11ClO3/c1-7-4-5(6,8-2)9-3/h4H2,1-3H3. The monoisotopic (exact) mass is 154 g/mol. The van der Waals surface area contributed by atoms with Gasteiger partial charge in [0.15, 0.2) is 0 Å². The molecule has 0 radical (unpaired) electrons. The lowest BCUT2D eigenvalue weighted by Crippen LogP contribution is -2.31. The van der Waals surface area contributed by atoms with E-state index in [4.69, 9.17) is 25.8 Å². The molecule has 0 spiro atoms. The largest absolute Gasteiger partial charge is 0.378 e. The average Bonchev–Trinajstić information content (AvgIpc) is 1.89. The topological polar surface area (TPSA) is 27.7 Å². The van der Waals surface area contributed by atoms with E-state index >= 15 is 0 Å². The van der Waals surface area contributed by atoms with Crippen molar-refractivity contribution < 1.29 is 14.2 Å². The maximum atomic E-state index is 5.64. The molecule has 0 aromatic rings. The Morgan fingerprint density at radius 2 is 1.67 bits per heavy atom. The zero-order valence-corrected chi connectivity index (χ0v) is 6.57. The SMILES string of the molecule is COCC(Cl)(OC)OC. The fraction of sp³-hybridized carbons (Fsp3) is 1.00. The molecule has 0 amide bonds. The van der Waals surface area contributed by atoms with Crippen LogP contribution in [0.1, 0.15) is 0 Å². The van der Waals surface area contributed by atoms with Crippen LogP contribution in [0.2, 0.25) is 0 Å². The van der Waals surface area contributed by atoms with Gasteiger partial charge >= 0.3 is 0 Å². The summed E-state index contributed by atoms with van der Waals surface area (Å²) in [6.07, 6.45) is 0. The van der Waals surface area contributed by atoms with Crippen LogP contribution in [0.25, 0.3) is 0 Å². The van der Waals surface area contributed by atoms with Gasteiger partial charge in [-0.05, 0) is 0 Å². The van der Waals surface area contributed by atoms with E-state index in [1.807, 2.05) is 0 Å². The van der Waals surface area contributed by atoms with Crippen molar-refractivity contribution in [3.63, 3.8) is 0 Å². The molecule has 56 valence electrons. The molecule has 0 atom stereocenters. The summed E-state index contributed by atoms with van der Waals surface area (Å²) in [5.74, 6) is 0. The van der Waals surface area contributed by atoms with E-state index < -0.39 is 5.25 Å². The second-order valence-electron chi connectivity index (χ2n) is 1.50. The normalized spacial score (nSPS) is 12.0. The summed E-state index contributed by atoms with van der Waals surface area (Å²) in [7, 11) is 4.43. The molecular formula is C5H11ClO3. The third-order valence-corrected chi connectivity index (χ3v) is 1.34. The van der Waals surface area contributed by atoms with Gasteiger partial charge in [-0.15, -0.1) is 0 Å². The number of hydrogen-bond acceptors (Lipinski definition) is 3. The quantitative estimate of drug-likeness (QED) is 0.443. The zero-order valence-electron chi connectivity index (χ0n) is 5.81. The van der Waals surface area contributed by atoms with Crippen molar-refractivity contribution in [1.82, 2.24) is 0 Å². The molecular weight excluding hydrogens is 144 g/mol. The molecule has 4 heteroatoms. The first-order chi connectivity index (χ1) is 4.18. The van der Waals surface area contributed by atoms with Crippen molar-refractivity contribution in [3.8, 4) is 0 Å². The van der Waals surface area contributed by atoms with E-state index in [9.17, 15) is 0 Å². The van der Waals surface area contributed by atoms with Gasteiger partial charge in [0.05, 0.1) is 0 Å². The van der Waals surface area contributed by atoms with Gasteiger partial charge in [-0.1, -0.05) is 11.6 Å². The highest BCUT2D eigenvalue weighted by Gasteiger charge is 2.25. The highest BCUT2D eigenvalue weighted by molar-refractivity contribution is 6.22. The van der Waals surface area contributed by atoms with Crippen LogP contribution in [0.3, 0.4) is 0 Å². The van der Waals surface area contributed by atoms with E-state index in [-0.39, 0.29) is 6.61 Å². The summed E-state index contributed by atoms with van der Waals surface area (Å²) in [6, 6.07) is 0. The maximum absolute atomic E-state index is 5.64. The minimum absolute atomic E-state index is 0.210. The van der Waals surface area contributed by atoms with Crippen LogP contribution in [0.4, 0.5) is 0 Å². The Hall–Kier alpha value is 0.170. The van der Waals surface area contributed by atoms with Gasteiger partial charge < -0.3 is 14.2 Å². The molecule has 0 aromatic heterocycles. The first-order valence-corrected chi connectivity index (χ1v) is 2.84. The van der Waals surface area contributed by atoms with Gasteiger partial charge in [0.2, 0.25) is 0 Å². The Labute approximate surface area is 59.8 Å². The molecule has 9 heavy (non-hydrogen) atoms. The van der Waals surface area contributed by atoms with Crippen molar-refractivity contribution in [3.05, 3.63) is 0 Å². The summed E-state index contributed by atoms with van der Waals surface area (Å²) < 4.78 is 14.2. The molecule has 3 nitrogen and oxygen atoms in total. The highest BCUT2D eigenvalue weighted by Crippen LogP contribution is 2.15. The van der Waals surface area contributed by atoms with Gasteiger partial charge in [-0.2, -0.15) is 0 Å². The van der Waals surface area contributed by atoms with Gasteiger partial charge in [-0.25, -0.2) is 0 Å². The zero-order chi connectivity index (χ0) is 7.33. The van der Waals surface area contributed by atoms with E-state index in [2.05, 4.69) is 0 Å². The number of alkyl halides is 1. The number of methoxy groups -OCH3 is 3. The van der Waals surface area contributed by atoms with Crippen molar-refractivity contribution >= 4 is 11.6 Å². The summed E-state index contributed by atoms with van der Waals surface area (Å²) in [6.45, 7) is 0.210. The lowest BCUT2D eigenvalue weighted by atomic mass is 10.7. The van der Waals surface area contributed by atoms with E-state index in [1.54, 1.807) is 0 Å². The predicted molar refractivity (Wildman–Crippen MR) is 34.5 cm³/mol. The molecule has 0 aliphatic heterocycles. The van der Waals surface area contributed by atoms with Gasteiger partial charge in [0.25, 0.3) is 5.25 Å². The summed E-state index contributed by atoms with van der Waals surface area (Å²) in [4.78, 5) is 0. The second-order valence-corrected chi connectivity index (χ2v) is 2.08. The lowest BCUT2D eigenvalue weighted by molar-refractivity contribution is -0.170. The van der Waals surface area contributed by atoms with Crippen LogP contribution in [0.5, 0.6) is 0 Å². The van der Waals surface area contributed by atoms with E-state index in [0.29, 0.717) is 0 Å². The maximum Gasteiger partial charge on any atom is 0.272 e. The van der Waals surface area contributed by atoms with Crippen LogP contribution >= 0.6 is 11.6 Å². The molecule has 0 bridgehead atoms.